The predicted octanol–water partition coefficient (Wildman–Crippen LogP) is 3.28. The van der Waals surface area contributed by atoms with Gasteiger partial charge in [0.15, 0.2) is 0 Å². The van der Waals surface area contributed by atoms with E-state index in [0.29, 0.717) is 0 Å². The molecule has 12 heavy (non-hydrogen) atoms. The number of allylic oxidation sites excluding steroid dienone is 5. The maximum atomic E-state index is 4.15. The van der Waals surface area contributed by atoms with Gasteiger partial charge < -0.3 is 0 Å². The van der Waals surface area contributed by atoms with E-state index in [1.54, 1.807) is 12.3 Å². The second-order valence-corrected chi connectivity index (χ2v) is 2.37. The topological polar surface area (TPSA) is 12.4 Å². The van der Waals surface area contributed by atoms with Crippen LogP contribution in [0.15, 0.2) is 53.7 Å². The van der Waals surface area contributed by atoms with Crippen molar-refractivity contribution in [2.45, 2.75) is 13.8 Å². The first kappa shape index (κ1) is 10.6. The van der Waals surface area contributed by atoms with Crippen molar-refractivity contribution in [3.8, 4) is 0 Å². The monoisotopic (exact) mass is 161 g/mol. The average Bonchev–Trinajstić information content (AvgIpc) is 2.04. The van der Waals surface area contributed by atoms with Gasteiger partial charge in [-0.05, 0) is 25.5 Å². The van der Waals surface area contributed by atoms with Crippen molar-refractivity contribution < 1.29 is 0 Å². The van der Waals surface area contributed by atoms with Gasteiger partial charge in [-0.2, -0.15) is 0 Å². The van der Waals surface area contributed by atoms with E-state index in [9.17, 15) is 0 Å². The van der Waals surface area contributed by atoms with Gasteiger partial charge in [-0.3, -0.25) is 4.99 Å². The first-order valence-corrected chi connectivity index (χ1v) is 3.86. The fourth-order valence-electron chi connectivity index (χ4n) is 0.616. The molecular formula is C11H15N. The van der Waals surface area contributed by atoms with Gasteiger partial charge in [0, 0.05) is 6.21 Å². The van der Waals surface area contributed by atoms with E-state index in [-0.39, 0.29) is 0 Å². The molecule has 0 aliphatic carbocycles. The van der Waals surface area contributed by atoms with Crippen LogP contribution in [0, 0.1) is 0 Å². The molecule has 0 fully saturated rings. The predicted molar refractivity (Wildman–Crippen MR) is 56.4 cm³/mol. The molecule has 0 radical (unpaired) electrons. The Balaban J connectivity index is 4.54. The van der Waals surface area contributed by atoms with Gasteiger partial charge in [-0.15, -0.1) is 0 Å². The van der Waals surface area contributed by atoms with Crippen LogP contribution in [0.1, 0.15) is 13.8 Å². The summed E-state index contributed by atoms with van der Waals surface area (Å²) in [6, 6.07) is 0. The summed E-state index contributed by atoms with van der Waals surface area (Å²) in [7, 11) is 0. The van der Waals surface area contributed by atoms with E-state index in [4.69, 9.17) is 0 Å². The zero-order chi connectivity index (χ0) is 9.40. The molecule has 0 aliphatic heterocycles. The van der Waals surface area contributed by atoms with Crippen LogP contribution in [0.25, 0.3) is 0 Å². The molecule has 0 rings (SSSR count). The van der Waals surface area contributed by atoms with Gasteiger partial charge in [0.2, 0.25) is 0 Å². The summed E-state index contributed by atoms with van der Waals surface area (Å²) in [6.45, 7) is 11.2. The molecule has 0 N–H and O–H groups in total. The maximum absolute atomic E-state index is 4.15. The molecule has 1 nitrogen and oxygen atoms in total. The van der Waals surface area contributed by atoms with Crippen LogP contribution in [0.5, 0.6) is 0 Å². The lowest BCUT2D eigenvalue weighted by molar-refractivity contribution is 1.31. The third kappa shape index (κ3) is 4.45. The first-order valence-electron chi connectivity index (χ1n) is 3.86. The molecule has 0 atom stereocenters. The van der Waals surface area contributed by atoms with Gasteiger partial charge in [0.05, 0.1) is 5.70 Å². The molecule has 0 aromatic carbocycles. The van der Waals surface area contributed by atoms with Gasteiger partial charge in [0.25, 0.3) is 0 Å². The quantitative estimate of drug-likeness (QED) is 0.443. The van der Waals surface area contributed by atoms with Crippen molar-refractivity contribution in [2.24, 2.45) is 4.99 Å². The van der Waals surface area contributed by atoms with Gasteiger partial charge >= 0.3 is 0 Å². The van der Waals surface area contributed by atoms with Crippen LogP contribution in [-0.2, 0) is 0 Å². The van der Waals surface area contributed by atoms with Crippen molar-refractivity contribution in [3.63, 3.8) is 0 Å². The summed E-state index contributed by atoms with van der Waals surface area (Å²) in [4.78, 5) is 4.15. The molecule has 64 valence electrons. The minimum atomic E-state index is 0.882. The van der Waals surface area contributed by atoms with E-state index in [2.05, 4.69) is 18.2 Å². The molecule has 0 amide bonds. The minimum absolute atomic E-state index is 0.882. The summed E-state index contributed by atoms with van der Waals surface area (Å²) in [5.74, 6) is 0. The Morgan fingerprint density at radius 1 is 1.42 bits per heavy atom. The largest absolute Gasteiger partial charge is 0.257 e. The Bertz CT molecular complexity index is 242. The fourth-order valence-corrected chi connectivity index (χ4v) is 0.616. The Hall–Kier alpha value is -1.37. The number of rotatable bonds is 4. The third-order valence-corrected chi connectivity index (χ3v) is 1.20. The number of nitrogens with zero attached hydrogens (tertiary/aromatic N) is 1. The van der Waals surface area contributed by atoms with Crippen LogP contribution in [0.4, 0.5) is 0 Å². The summed E-state index contributed by atoms with van der Waals surface area (Å²) in [6.07, 6.45) is 9.11. The molecule has 0 bridgehead atoms. The van der Waals surface area contributed by atoms with E-state index in [1.807, 2.05) is 32.1 Å². The summed E-state index contributed by atoms with van der Waals surface area (Å²) < 4.78 is 0. The minimum Gasteiger partial charge on any atom is -0.257 e. The van der Waals surface area contributed by atoms with Crippen LogP contribution >= 0.6 is 0 Å². The Morgan fingerprint density at radius 3 is 2.50 bits per heavy atom. The fraction of sp³-hybridized carbons (Fsp3) is 0.182. The second-order valence-electron chi connectivity index (χ2n) is 2.37. The average molecular weight is 161 g/mol. The van der Waals surface area contributed by atoms with E-state index < -0.39 is 0 Å². The molecule has 0 aromatic heterocycles. The Morgan fingerprint density at radius 2 is 2.08 bits per heavy atom. The molecule has 1 heteroatoms. The van der Waals surface area contributed by atoms with Crippen LogP contribution in [0.3, 0.4) is 0 Å². The molecule has 0 heterocycles. The highest BCUT2D eigenvalue weighted by atomic mass is 14.7. The Labute approximate surface area is 74.5 Å². The van der Waals surface area contributed by atoms with Crippen molar-refractivity contribution in [3.05, 3.63) is 48.7 Å². The lowest BCUT2D eigenvalue weighted by atomic mass is 10.2. The van der Waals surface area contributed by atoms with Crippen molar-refractivity contribution in [1.82, 2.24) is 0 Å². The standard InChI is InChI=1S/C11H15N/c1-5-7-8-11(10(3)4)12-9-6-2/h5-9H,2-3H2,1,4H3/b7-5-,11-8+,12-9-. The van der Waals surface area contributed by atoms with E-state index >= 15 is 0 Å². The van der Waals surface area contributed by atoms with Crippen LogP contribution in [0.2, 0.25) is 0 Å². The molecule has 0 spiro atoms. The van der Waals surface area contributed by atoms with Crippen LogP contribution in [-0.4, -0.2) is 6.21 Å². The van der Waals surface area contributed by atoms with E-state index in [0.717, 1.165) is 11.3 Å². The summed E-state index contributed by atoms with van der Waals surface area (Å²) in [5.41, 5.74) is 1.83. The molecule has 0 aliphatic rings. The summed E-state index contributed by atoms with van der Waals surface area (Å²) >= 11 is 0. The van der Waals surface area contributed by atoms with Gasteiger partial charge in [-0.25, -0.2) is 0 Å². The molecule has 0 unspecified atom stereocenters. The normalized spacial score (nSPS) is 12.7. The SMILES string of the molecule is C=C\C=N/C(=C/C=C\C)C(=C)C. The second kappa shape index (κ2) is 6.35. The number of hydrogen-bond donors (Lipinski definition) is 0. The molecule has 0 aromatic rings. The maximum Gasteiger partial charge on any atom is 0.0652 e. The highest BCUT2D eigenvalue weighted by Gasteiger charge is 1.89. The highest BCUT2D eigenvalue weighted by molar-refractivity contribution is 5.71. The molecule has 0 saturated heterocycles. The highest BCUT2D eigenvalue weighted by Crippen LogP contribution is 2.07. The Kier molecular flexibility index (Phi) is 5.62. The zero-order valence-corrected chi connectivity index (χ0v) is 7.75. The van der Waals surface area contributed by atoms with Crippen molar-refractivity contribution in [1.29, 1.82) is 0 Å². The smallest absolute Gasteiger partial charge is 0.0652 e. The molecule has 0 saturated carbocycles. The van der Waals surface area contributed by atoms with Gasteiger partial charge in [-0.1, -0.05) is 31.4 Å². The number of hydrogen-bond acceptors (Lipinski definition) is 1. The lowest BCUT2D eigenvalue weighted by Gasteiger charge is -1.96. The van der Waals surface area contributed by atoms with Gasteiger partial charge in [0.1, 0.15) is 0 Å². The zero-order valence-electron chi connectivity index (χ0n) is 7.75. The van der Waals surface area contributed by atoms with Crippen molar-refractivity contribution in [2.75, 3.05) is 0 Å². The molecular weight excluding hydrogens is 146 g/mol. The first-order chi connectivity index (χ1) is 5.72. The lowest BCUT2D eigenvalue weighted by Crippen LogP contribution is -1.79. The third-order valence-electron chi connectivity index (χ3n) is 1.20. The van der Waals surface area contributed by atoms with Crippen LogP contribution < -0.4 is 0 Å². The summed E-state index contributed by atoms with van der Waals surface area (Å²) in [5, 5.41) is 0. The van der Waals surface area contributed by atoms with E-state index in [1.165, 1.54) is 0 Å². The van der Waals surface area contributed by atoms with Crippen molar-refractivity contribution >= 4 is 6.21 Å². The number of aliphatic imine (C=N–C) groups is 1.